The summed E-state index contributed by atoms with van der Waals surface area (Å²) in [5.41, 5.74) is 0. The van der Waals surface area contributed by atoms with E-state index in [0.29, 0.717) is 11.8 Å². The molecule has 2 rings (SSSR count). The molecule has 0 saturated heterocycles. The van der Waals surface area contributed by atoms with Gasteiger partial charge in [-0.05, 0) is 49.9 Å². The molecular formula is C13H24O2. The van der Waals surface area contributed by atoms with Gasteiger partial charge in [-0.15, -0.1) is 0 Å². The molecule has 0 radical (unpaired) electrons. The molecule has 5 atom stereocenters. The highest BCUT2D eigenvalue weighted by atomic mass is 16.3. The first-order valence-electron chi connectivity index (χ1n) is 6.54. The van der Waals surface area contributed by atoms with Gasteiger partial charge in [0.2, 0.25) is 0 Å². The highest BCUT2D eigenvalue weighted by Crippen LogP contribution is 2.40. The van der Waals surface area contributed by atoms with Crippen molar-refractivity contribution >= 4 is 0 Å². The Kier molecular flexibility index (Phi) is 3.68. The highest BCUT2D eigenvalue weighted by Gasteiger charge is 2.37. The van der Waals surface area contributed by atoms with Crippen molar-refractivity contribution in [3.8, 4) is 0 Å². The van der Waals surface area contributed by atoms with Crippen LogP contribution in [0.5, 0.6) is 0 Å². The van der Waals surface area contributed by atoms with Crippen LogP contribution in [-0.2, 0) is 0 Å². The SMILES string of the molecule is CC1CCC(O)C(C2CCCCC2O)C1. The quantitative estimate of drug-likeness (QED) is 0.700. The van der Waals surface area contributed by atoms with Gasteiger partial charge in [0.05, 0.1) is 12.2 Å². The van der Waals surface area contributed by atoms with Crippen LogP contribution in [0.3, 0.4) is 0 Å². The van der Waals surface area contributed by atoms with Crippen molar-refractivity contribution < 1.29 is 10.2 Å². The number of hydrogen-bond donors (Lipinski definition) is 2. The molecule has 0 aromatic heterocycles. The third-order valence-electron chi connectivity index (χ3n) is 4.46. The van der Waals surface area contributed by atoms with Crippen LogP contribution in [0.1, 0.15) is 51.9 Å². The average Bonchev–Trinajstić information content (AvgIpc) is 2.23. The third kappa shape index (κ3) is 2.54. The molecule has 2 aliphatic rings. The minimum atomic E-state index is -0.154. The maximum absolute atomic E-state index is 10.0. The van der Waals surface area contributed by atoms with E-state index in [1.165, 1.54) is 6.42 Å². The molecule has 0 amide bonds. The lowest BCUT2D eigenvalue weighted by molar-refractivity contribution is -0.0420. The lowest BCUT2D eigenvalue weighted by Crippen LogP contribution is -2.40. The van der Waals surface area contributed by atoms with E-state index < -0.39 is 0 Å². The standard InChI is InChI=1S/C13H24O2/c1-9-6-7-13(15)11(8-9)10-4-2-3-5-12(10)14/h9-15H,2-8H2,1H3. The minimum Gasteiger partial charge on any atom is -0.393 e. The summed E-state index contributed by atoms with van der Waals surface area (Å²) >= 11 is 0. The summed E-state index contributed by atoms with van der Waals surface area (Å²) in [5, 5.41) is 20.1. The maximum atomic E-state index is 10.0. The van der Waals surface area contributed by atoms with Gasteiger partial charge in [-0.1, -0.05) is 19.8 Å². The van der Waals surface area contributed by atoms with Gasteiger partial charge in [0.25, 0.3) is 0 Å². The Morgan fingerprint density at radius 2 is 1.47 bits per heavy atom. The molecule has 2 heteroatoms. The summed E-state index contributed by atoms with van der Waals surface area (Å²) in [6, 6.07) is 0. The number of hydrogen-bond acceptors (Lipinski definition) is 2. The summed E-state index contributed by atoms with van der Waals surface area (Å²) < 4.78 is 0. The first-order valence-corrected chi connectivity index (χ1v) is 6.54. The fourth-order valence-electron chi connectivity index (χ4n) is 3.51. The second kappa shape index (κ2) is 4.84. The van der Waals surface area contributed by atoms with Gasteiger partial charge in [0.1, 0.15) is 0 Å². The Balaban J connectivity index is 1.99. The van der Waals surface area contributed by atoms with Crippen LogP contribution in [0.25, 0.3) is 0 Å². The van der Waals surface area contributed by atoms with Gasteiger partial charge in [0, 0.05) is 0 Å². The lowest BCUT2D eigenvalue weighted by atomic mass is 9.68. The van der Waals surface area contributed by atoms with Crippen LogP contribution in [0.2, 0.25) is 0 Å². The van der Waals surface area contributed by atoms with Crippen molar-refractivity contribution in [3.05, 3.63) is 0 Å². The predicted molar refractivity (Wildman–Crippen MR) is 60.5 cm³/mol. The lowest BCUT2D eigenvalue weighted by Gasteiger charge is -2.41. The average molecular weight is 212 g/mol. The summed E-state index contributed by atoms with van der Waals surface area (Å²) in [4.78, 5) is 0. The van der Waals surface area contributed by atoms with E-state index in [4.69, 9.17) is 0 Å². The van der Waals surface area contributed by atoms with Gasteiger partial charge in [-0.2, -0.15) is 0 Å². The molecule has 5 unspecified atom stereocenters. The zero-order valence-corrected chi connectivity index (χ0v) is 9.73. The Morgan fingerprint density at radius 3 is 2.20 bits per heavy atom. The van der Waals surface area contributed by atoms with Crippen molar-refractivity contribution in [1.29, 1.82) is 0 Å². The minimum absolute atomic E-state index is 0.149. The summed E-state index contributed by atoms with van der Waals surface area (Å²) in [5.74, 6) is 1.47. The molecule has 0 heterocycles. The van der Waals surface area contributed by atoms with E-state index in [1.54, 1.807) is 0 Å². The van der Waals surface area contributed by atoms with E-state index in [1.807, 2.05) is 0 Å². The Hall–Kier alpha value is -0.0800. The van der Waals surface area contributed by atoms with E-state index in [9.17, 15) is 10.2 Å². The van der Waals surface area contributed by atoms with Gasteiger partial charge >= 0.3 is 0 Å². The van der Waals surface area contributed by atoms with Crippen molar-refractivity contribution in [2.24, 2.45) is 17.8 Å². The zero-order valence-electron chi connectivity index (χ0n) is 9.73. The molecule has 88 valence electrons. The van der Waals surface area contributed by atoms with Gasteiger partial charge < -0.3 is 10.2 Å². The molecule has 0 aromatic rings. The van der Waals surface area contributed by atoms with E-state index in [0.717, 1.165) is 44.4 Å². The first kappa shape index (κ1) is 11.4. The van der Waals surface area contributed by atoms with Gasteiger partial charge in [-0.3, -0.25) is 0 Å². The first-order chi connectivity index (χ1) is 7.18. The smallest absolute Gasteiger partial charge is 0.0572 e. The Bertz CT molecular complexity index is 205. The molecule has 2 saturated carbocycles. The van der Waals surface area contributed by atoms with Crippen molar-refractivity contribution in [1.82, 2.24) is 0 Å². The Labute approximate surface area is 92.7 Å². The van der Waals surface area contributed by atoms with Crippen LogP contribution in [0.4, 0.5) is 0 Å². The normalized spacial score (nSPS) is 47.8. The van der Waals surface area contributed by atoms with Gasteiger partial charge in [-0.25, -0.2) is 0 Å². The van der Waals surface area contributed by atoms with Crippen molar-refractivity contribution in [3.63, 3.8) is 0 Å². The largest absolute Gasteiger partial charge is 0.393 e. The molecule has 0 bridgehead atoms. The molecule has 2 fully saturated rings. The van der Waals surface area contributed by atoms with E-state index >= 15 is 0 Å². The van der Waals surface area contributed by atoms with Crippen LogP contribution < -0.4 is 0 Å². The zero-order chi connectivity index (χ0) is 10.8. The van der Waals surface area contributed by atoms with Crippen LogP contribution in [-0.4, -0.2) is 22.4 Å². The monoisotopic (exact) mass is 212 g/mol. The Morgan fingerprint density at radius 1 is 0.800 bits per heavy atom. The summed E-state index contributed by atoms with van der Waals surface area (Å²) in [6.45, 7) is 2.27. The van der Waals surface area contributed by atoms with Crippen molar-refractivity contribution in [2.45, 2.75) is 64.1 Å². The second-order valence-electron chi connectivity index (χ2n) is 5.67. The third-order valence-corrected chi connectivity index (χ3v) is 4.46. The molecular weight excluding hydrogens is 188 g/mol. The second-order valence-corrected chi connectivity index (χ2v) is 5.67. The number of rotatable bonds is 1. The topological polar surface area (TPSA) is 40.5 Å². The van der Waals surface area contributed by atoms with Crippen LogP contribution in [0, 0.1) is 17.8 Å². The summed E-state index contributed by atoms with van der Waals surface area (Å²) in [7, 11) is 0. The molecule has 0 spiro atoms. The fraction of sp³-hybridized carbons (Fsp3) is 1.00. The fourth-order valence-corrected chi connectivity index (χ4v) is 3.51. The molecule has 2 nitrogen and oxygen atoms in total. The summed E-state index contributed by atoms with van der Waals surface area (Å²) in [6.07, 6.45) is 7.37. The van der Waals surface area contributed by atoms with E-state index in [2.05, 4.69) is 6.92 Å². The molecule has 2 N–H and O–H groups in total. The van der Waals surface area contributed by atoms with Crippen LogP contribution >= 0.6 is 0 Å². The van der Waals surface area contributed by atoms with E-state index in [-0.39, 0.29) is 12.2 Å². The number of aliphatic hydroxyl groups is 2. The maximum Gasteiger partial charge on any atom is 0.0572 e. The predicted octanol–water partition coefficient (Wildman–Crippen LogP) is 2.33. The molecule has 0 aromatic carbocycles. The molecule has 15 heavy (non-hydrogen) atoms. The van der Waals surface area contributed by atoms with Crippen molar-refractivity contribution in [2.75, 3.05) is 0 Å². The molecule has 0 aliphatic heterocycles. The molecule has 2 aliphatic carbocycles. The van der Waals surface area contributed by atoms with Crippen LogP contribution in [0.15, 0.2) is 0 Å². The highest BCUT2D eigenvalue weighted by molar-refractivity contribution is 4.88. The number of aliphatic hydroxyl groups excluding tert-OH is 2. The van der Waals surface area contributed by atoms with Gasteiger partial charge in [0.15, 0.2) is 0 Å².